The second kappa shape index (κ2) is 5.98. The molecule has 2 aromatic heterocycles. The second-order valence-corrected chi connectivity index (χ2v) is 6.68. The largest absolute Gasteiger partial charge is 0.461 e. The first-order valence-electron chi connectivity index (χ1n) is 8.35. The molecule has 2 fully saturated rings. The average molecular weight is 327 g/mol. The number of hydrogen-bond donors (Lipinski definition) is 0. The van der Waals surface area contributed by atoms with Crippen LogP contribution in [0.1, 0.15) is 25.7 Å². The molecule has 0 N–H and O–H groups in total. The first-order valence-corrected chi connectivity index (χ1v) is 8.35. The van der Waals surface area contributed by atoms with Crippen LogP contribution in [0.25, 0.3) is 11.4 Å². The Morgan fingerprint density at radius 1 is 1.17 bits per heavy atom. The Morgan fingerprint density at radius 3 is 2.58 bits per heavy atom. The summed E-state index contributed by atoms with van der Waals surface area (Å²) in [6.07, 6.45) is 7.63. The lowest BCUT2D eigenvalue weighted by Crippen LogP contribution is -2.44. The highest BCUT2D eigenvalue weighted by molar-refractivity contribution is 5.52. The zero-order valence-corrected chi connectivity index (χ0v) is 13.9. The molecule has 2 aliphatic rings. The van der Waals surface area contributed by atoms with Crippen LogP contribution in [0, 0.1) is 0 Å². The van der Waals surface area contributed by atoms with Crippen LogP contribution in [0.3, 0.4) is 0 Å². The van der Waals surface area contributed by atoms with Gasteiger partial charge in [-0.2, -0.15) is 4.98 Å². The summed E-state index contributed by atoms with van der Waals surface area (Å²) in [5.41, 5.74) is 0.993. The van der Waals surface area contributed by atoms with Gasteiger partial charge in [-0.1, -0.05) is 0 Å². The van der Waals surface area contributed by atoms with Crippen LogP contribution in [-0.2, 0) is 7.05 Å². The van der Waals surface area contributed by atoms with Gasteiger partial charge in [0.25, 0.3) is 11.6 Å². The topological polar surface area (TPSA) is 73.1 Å². The highest BCUT2D eigenvalue weighted by atomic mass is 16.5. The van der Waals surface area contributed by atoms with E-state index in [9.17, 15) is 4.79 Å². The predicted molar refractivity (Wildman–Crippen MR) is 88.7 cm³/mol. The Labute approximate surface area is 140 Å². The summed E-state index contributed by atoms with van der Waals surface area (Å²) >= 11 is 0. The highest BCUT2D eigenvalue weighted by Gasteiger charge is 2.39. The van der Waals surface area contributed by atoms with Gasteiger partial charge in [0, 0.05) is 44.2 Å². The van der Waals surface area contributed by atoms with Gasteiger partial charge in [0.05, 0.1) is 11.4 Å². The van der Waals surface area contributed by atoms with Gasteiger partial charge in [-0.25, -0.2) is 9.97 Å². The summed E-state index contributed by atoms with van der Waals surface area (Å²) in [4.78, 5) is 27.3. The zero-order chi connectivity index (χ0) is 16.7. The van der Waals surface area contributed by atoms with E-state index in [0.29, 0.717) is 29.5 Å². The third-order valence-corrected chi connectivity index (χ3v) is 5.27. The first kappa shape index (κ1) is 15.3. The van der Waals surface area contributed by atoms with Crippen LogP contribution in [0.5, 0.6) is 6.01 Å². The lowest BCUT2D eigenvalue weighted by Gasteiger charge is -2.36. The van der Waals surface area contributed by atoms with Crippen molar-refractivity contribution < 1.29 is 4.74 Å². The number of hydrogen-bond acceptors (Lipinski definition) is 6. The lowest BCUT2D eigenvalue weighted by molar-refractivity contribution is 0.0571. The van der Waals surface area contributed by atoms with Gasteiger partial charge >= 0.3 is 0 Å². The van der Waals surface area contributed by atoms with E-state index in [1.807, 2.05) is 0 Å². The second-order valence-electron chi connectivity index (χ2n) is 6.68. The van der Waals surface area contributed by atoms with Crippen molar-refractivity contribution in [3.63, 3.8) is 0 Å². The maximum atomic E-state index is 12.3. The van der Waals surface area contributed by atoms with Gasteiger partial charge in [0.2, 0.25) is 0 Å². The SMILES string of the molecule is CN1C2CCC1CC(Oc1nc(-c3ccncn3)cc(=O)n1C)C2. The van der Waals surface area contributed by atoms with Gasteiger partial charge in [-0.3, -0.25) is 9.36 Å². The van der Waals surface area contributed by atoms with E-state index in [0.717, 1.165) is 12.8 Å². The summed E-state index contributed by atoms with van der Waals surface area (Å²) in [5.74, 6) is 0. The van der Waals surface area contributed by atoms with Gasteiger partial charge < -0.3 is 9.64 Å². The Hall–Kier alpha value is -2.28. The van der Waals surface area contributed by atoms with E-state index >= 15 is 0 Å². The van der Waals surface area contributed by atoms with Crippen LogP contribution in [0.15, 0.2) is 29.5 Å². The quantitative estimate of drug-likeness (QED) is 0.844. The van der Waals surface area contributed by atoms with E-state index in [1.165, 1.54) is 29.8 Å². The van der Waals surface area contributed by atoms with Crippen LogP contribution in [0.2, 0.25) is 0 Å². The molecule has 0 aliphatic carbocycles. The van der Waals surface area contributed by atoms with E-state index < -0.39 is 0 Å². The highest BCUT2D eigenvalue weighted by Crippen LogP contribution is 2.35. The number of ether oxygens (including phenoxy) is 1. The van der Waals surface area contributed by atoms with Gasteiger partial charge in [0.15, 0.2) is 0 Å². The molecule has 0 amide bonds. The van der Waals surface area contributed by atoms with Crippen molar-refractivity contribution in [2.24, 2.45) is 7.05 Å². The summed E-state index contributed by atoms with van der Waals surface area (Å²) in [6, 6.07) is 4.74. The Bertz CT molecular complexity index is 777. The van der Waals surface area contributed by atoms with Gasteiger partial charge in [-0.15, -0.1) is 0 Å². The van der Waals surface area contributed by atoms with Crippen molar-refractivity contribution in [3.8, 4) is 17.4 Å². The van der Waals surface area contributed by atoms with E-state index in [-0.39, 0.29) is 11.7 Å². The minimum Gasteiger partial charge on any atom is -0.461 e. The minimum absolute atomic E-state index is 0.109. The van der Waals surface area contributed by atoms with Crippen molar-refractivity contribution >= 4 is 0 Å². The molecule has 2 saturated heterocycles. The van der Waals surface area contributed by atoms with E-state index in [4.69, 9.17) is 4.74 Å². The van der Waals surface area contributed by atoms with Crippen LogP contribution in [0.4, 0.5) is 0 Å². The van der Waals surface area contributed by atoms with Crippen LogP contribution >= 0.6 is 0 Å². The number of nitrogens with zero attached hydrogens (tertiary/aromatic N) is 5. The van der Waals surface area contributed by atoms with Crippen molar-refractivity contribution in [1.29, 1.82) is 0 Å². The molecule has 0 spiro atoms. The van der Waals surface area contributed by atoms with Crippen LogP contribution < -0.4 is 10.3 Å². The normalized spacial score (nSPS) is 26.5. The predicted octanol–water partition coefficient (Wildman–Crippen LogP) is 1.24. The number of aromatic nitrogens is 4. The molecule has 2 unspecified atom stereocenters. The summed E-state index contributed by atoms with van der Waals surface area (Å²) in [6.45, 7) is 0. The Kier molecular flexibility index (Phi) is 3.80. The molecule has 0 saturated carbocycles. The Morgan fingerprint density at radius 2 is 1.92 bits per heavy atom. The molecule has 7 heteroatoms. The van der Waals surface area contributed by atoms with Gasteiger partial charge in [-0.05, 0) is 26.0 Å². The third kappa shape index (κ3) is 2.69. The zero-order valence-electron chi connectivity index (χ0n) is 13.9. The minimum atomic E-state index is -0.149. The number of rotatable bonds is 3. The molecule has 7 nitrogen and oxygen atoms in total. The first-order chi connectivity index (χ1) is 11.6. The number of piperidine rings is 1. The van der Waals surface area contributed by atoms with Crippen molar-refractivity contribution in [2.45, 2.75) is 43.9 Å². The summed E-state index contributed by atoms with van der Waals surface area (Å²) < 4.78 is 7.60. The maximum absolute atomic E-state index is 12.3. The van der Waals surface area contributed by atoms with Gasteiger partial charge in [0.1, 0.15) is 12.4 Å². The standard InChI is InChI=1S/C17H21N5O2/c1-21-11-3-4-12(21)8-13(7-11)24-17-20-15(9-16(23)22(17)2)14-5-6-18-10-19-14/h5-6,9-13H,3-4,7-8H2,1-2H3. The van der Waals surface area contributed by atoms with Crippen molar-refractivity contribution in [2.75, 3.05) is 7.05 Å². The maximum Gasteiger partial charge on any atom is 0.299 e. The smallest absolute Gasteiger partial charge is 0.299 e. The molecule has 0 aromatic carbocycles. The monoisotopic (exact) mass is 327 g/mol. The molecule has 2 atom stereocenters. The molecule has 0 radical (unpaired) electrons. The molecule has 2 aromatic rings. The molecule has 2 bridgehead atoms. The fourth-order valence-corrected chi connectivity index (χ4v) is 3.80. The van der Waals surface area contributed by atoms with E-state index in [1.54, 1.807) is 19.3 Å². The fourth-order valence-electron chi connectivity index (χ4n) is 3.80. The summed E-state index contributed by atoms with van der Waals surface area (Å²) in [7, 11) is 3.89. The molecule has 24 heavy (non-hydrogen) atoms. The molecular formula is C17H21N5O2. The lowest BCUT2D eigenvalue weighted by atomic mass is 10.0. The molecule has 4 rings (SSSR count). The van der Waals surface area contributed by atoms with Crippen molar-refractivity contribution in [1.82, 2.24) is 24.4 Å². The average Bonchev–Trinajstić information content (AvgIpc) is 2.81. The van der Waals surface area contributed by atoms with Crippen LogP contribution in [-0.4, -0.2) is 49.7 Å². The third-order valence-electron chi connectivity index (χ3n) is 5.27. The molecule has 126 valence electrons. The molecule has 4 heterocycles. The Balaban J connectivity index is 1.61. The summed E-state index contributed by atoms with van der Waals surface area (Å²) in [5, 5.41) is 0. The molecule has 2 aliphatic heterocycles. The number of fused-ring (bicyclic) bond motifs is 2. The molecular weight excluding hydrogens is 306 g/mol. The van der Waals surface area contributed by atoms with E-state index in [2.05, 4.69) is 26.9 Å². The van der Waals surface area contributed by atoms with Crippen molar-refractivity contribution in [3.05, 3.63) is 35.0 Å². The fraction of sp³-hybridized carbons (Fsp3) is 0.529.